The Morgan fingerprint density at radius 3 is 1.90 bits per heavy atom. The first kappa shape index (κ1) is 19.8. The number of carbonyl (C=O) groups excluding carboxylic acids is 2. The van der Waals surface area contributed by atoms with E-state index >= 15 is 0 Å². The molecule has 4 nitrogen and oxygen atoms in total. The molecule has 0 saturated heterocycles. The van der Waals surface area contributed by atoms with Crippen LogP contribution in [-0.4, -0.2) is 29.9 Å². The van der Waals surface area contributed by atoms with E-state index in [1.807, 2.05) is 48.5 Å². The first-order valence-electron chi connectivity index (χ1n) is 9.12. The number of nitrogens with zero attached hydrogens (tertiary/aromatic N) is 1. The van der Waals surface area contributed by atoms with Crippen molar-refractivity contribution in [3.05, 3.63) is 105 Å². The number of fused-ring (bicyclic) bond motifs is 1. The second kappa shape index (κ2) is 8.49. The molecule has 3 aromatic carbocycles. The third kappa shape index (κ3) is 4.13. The number of carbonyl (C=O) groups is 2. The molecule has 29 heavy (non-hydrogen) atoms. The monoisotopic (exact) mass is 469 g/mol. The summed E-state index contributed by atoms with van der Waals surface area (Å²) >= 11 is 9.47. The Kier molecular flexibility index (Phi) is 5.81. The van der Waals surface area contributed by atoms with Crippen molar-refractivity contribution in [3.8, 4) is 0 Å². The Hall–Kier alpha value is -2.47. The summed E-state index contributed by atoms with van der Waals surface area (Å²) in [5, 5.41) is 0.648. The Morgan fingerprint density at radius 2 is 1.34 bits per heavy atom. The lowest BCUT2D eigenvalue weighted by Gasteiger charge is -2.21. The van der Waals surface area contributed by atoms with Crippen molar-refractivity contribution in [2.24, 2.45) is 0 Å². The Morgan fingerprint density at radius 1 is 0.828 bits per heavy atom. The van der Waals surface area contributed by atoms with Crippen LogP contribution in [0.25, 0.3) is 0 Å². The molecule has 0 fully saturated rings. The number of rotatable bonds is 6. The third-order valence-electron chi connectivity index (χ3n) is 4.82. The lowest BCUT2D eigenvalue weighted by molar-refractivity contribution is 0.0453. The van der Waals surface area contributed by atoms with Gasteiger partial charge in [-0.1, -0.05) is 63.9 Å². The van der Waals surface area contributed by atoms with Crippen molar-refractivity contribution in [2.75, 3.05) is 13.2 Å². The fraction of sp³-hybridized carbons (Fsp3) is 0.130. The van der Waals surface area contributed by atoms with Crippen molar-refractivity contribution < 1.29 is 14.3 Å². The molecule has 1 atom stereocenters. The van der Waals surface area contributed by atoms with Gasteiger partial charge in [0.2, 0.25) is 0 Å². The first-order valence-corrected chi connectivity index (χ1v) is 10.3. The molecular weight excluding hydrogens is 454 g/mol. The van der Waals surface area contributed by atoms with E-state index in [9.17, 15) is 9.59 Å². The zero-order valence-electron chi connectivity index (χ0n) is 15.3. The summed E-state index contributed by atoms with van der Waals surface area (Å²) in [6.07, 6.45) is -0.337. The quantitative estimate of drug-likeness (QED) is 0.447. The smallest absolute Gasteiger partial charge is 0.261 e. The molecule has 0 spiro atoms. The largest absolute Gasteiger partial charge is 0.367 e. The lowest BCUT2D eigenvalue weighted by Crippen LogP contribution is -2.33. The van der Waals surface area contributed by atoms with Gasteiger partial charge in [0, 0.05) is 9.50 Å². The zero-order chi connectivity index (χ0) is 20.4. The minimum absolute atomic E-state index is 0.187. The molecule has 0 bridgehead atoms. The van der Waals surface area contributed by atoms with E-state index in [2.05, 4.69) is 15.9 Å². The Labute approximate surface area is 182 Å². The summed E-state index contributed by atoms with van der Waals surface area (Å²) in [6, 6.07) is 22.2. The zero-order valence-corrected chi connectivity index (χ0v) is 17.7. The van der Waals surface area contributed by atoms with Crippen LogP contribution in [0.4, 0.5) is 0 Å². The summed E-state index contributed by atoms with van der Waals surface area (Å²) < 4.78 is 7.12. The highest BCUT2D eigenvalue weighted by molar-refractivity contribution is 9.10. The predicted molar refractivity (Wildman–Crippen MR) is 115 cm³/mol. The van der Waals surface area contributed by atoms with E-state index in [0.717, 1.165) is 15.6 Å². The first-order chi connectivity index (χ1) is 14.0. The fourth-order valence-electron chi connectivity index (χ4n) is 3.36. The van der Waals surface area contributed by atoms with E-state index < -0.39 is 0 Å². The van der Waals surface area contributed by atoms with Gasteiger partial charge in [0.15, 0.2) is 0 Å². The van der Waals surface area contributed by atoms with Crippen LogP contribution in [0.5, 0.6) is 0 Å². The van der Waals surface area contributed by atoms with Crippen LogP contribution in [-0.2, 0) is 4.74 Å². The summed E-state index contributed by atoms with van der Waals surface area (Å²) in [6.45, 7) is 0.405. The van der Waals surface area contributed by atoms with Gasteiger partial charge in [-0.2, -0.15) is 0 Å². The Balaban J connectivity index is 1.50. The molecule has 146 valence electrons. The SMILES string of the molecule is O=C1c2ccccc2C(=O)N1CCOC(c1ccc(Cl)cc1)c1ccc(Br)cc1. The molecule has 1 aliphatic rings. The van der Waals surface area contributed by atoms with Crippen LogP contribution in [0.3, 0.4) is 0 Å². The molecule has 1 heterocycles. The maximum Gasteiger partial charge on any atom is 0.261 e. The van der Waals surface area contributed by atoms with Crippen molar-refractivity contribution in [1.29, 1.82) is 0 Å². The molecule has 1 unspecified atom stereocenters. The van der Waals surface area contributed by atoms with Gasteiger partial charge >= 0.3 is 0 Å². The van der Waals surface area contributed by atoms with Crippen LogP contribution in [0.2, 0.25) is 5.02 Å². The van der Waals surface area contributed by atoms with E-state index in [4.69, 9.17) is 16.3 Å². The maximum atomic E-state index is 12.5. The van der Waals surface area contributed by atoms with Gasteiger partial charge in [-0.05, 0) is 47.5 Å². The summed E-state index contributed by atoms with van der Waals surface area (Å²) in [5.74, 6) is -0.554. The number of imide groups is 1. The van der Waals surface area contributed by atoms with Gasteiger partial charge in [0.05, 0.1) is 24.3 Å². The fourth-order valence-corrected chi connectivity index (χ4v) is 3.75. The van der Waals surface area contributed by atoms with Crippen LogP contribution in [0, 0.1) is 0 Å². The number of hydrogen-bond acceptors (Lipinski definition) is 3. The normalized spacial score (nSPS) is 14.2. The highest BCUT2D eigenvalue weighted by Crippen LogP contribution is 2.29. The van der Waals surface area contributed by atoms with E-state index in [1.165, 1.54) is 4.90 Å². The number of ether oxygens (including phenoxy) is 1. The van der Waals surface area contributed by atoms with Crippen molar-refractivity contribution in [3.63, 3.8) is 0 Å². The van der Waals surface area contributed by atoms with E-state index in [-0.39, 0.29) is 31.1 Å². The molecule has 2 amide bonds. The van der Waals surface area contributed by atoms with Gasteiger partial charge in [-0.25, -0.2) is 0 Å². The number of halogens is 2. The summed E-state index contributed by atoms with van der Waals surface area (Å²) in [5.41, 5.74) is 2.80. The van der Waals surface area contributed by atoms with Crippen molar-refractivity contribution in [1.82, 2.24) is 4.90 Å². The summed E-state index contributed by atoms with van der Waals surface area (Å²) in [7, 11) is 0. The third-order valence-corrected chi connectivity index (χ3v) is 5.60. The number of amides is 2. The van der Waals surface area contributed by atoms with Gasteiger partial charge < -0.3 is 4.74 Å². The minimum atomic E-state index is -0.337. The van der Waals surface area contributed by atoms with Gasteiger partial charge in [0.1, 0.15) is 6.10 Å². The van der Waals surface area contributed by atoms with Crippen LogP contribution in [0.15, 0.2) is 77.3 Å². The van der Waals surface area contributed by atoms with Gasteiger partial charge in [-0.15, -0.1) is 0 Å². The van der Waals surface area contributed by atoms with Crippen molar-refractivity contribution in [2.45, 2.75) is 6.10 Å². The van der Waals surface area contributed by atoms with Crippen LogP contribution >= 0.6 is 27.5 Å². The second-order valence-electron chi connectivity index (χ2n) is 6.66. The van der Waals surface area contributed by atoms with Crippen LogP contribution in [0.1, 0.15) is 37.9 Å². The molecule has 0 radical (unpaired) electrons. The molecule has 6 heteroatoms. The average Bonchev–Trinajstić information content (AvgIpc) is 2.98. The van der Waals surface area contributed by atoms with E-state index in [1.54, 1.807) is 24.3 Å². The molecule has 0 N–H and O–H groups in total. The molecular formula is C23H17BrClNO3. The summed E-state index contributed by atoms with van der Waals surface area (Å²) in [4.78, 5) is 26.3. The lowest BCUT2D eigenvalue weighted by atomic mass is 10.0. The highest BCUT2D eigenvalue weighted by atomic mass is 79.9. The predicted octanol–water partition coefficient (Wildman–Crippen LogP) is 5.50. The van der Waals surface area contributed by atoms with Gasteiger partial charge in [0.25, 0.3) is 11.8 Å². The maximum absolute atomic E-state index is 12.5. The molecule has 0 saturated carbocycles. The minimum Gasteiger partial charge on any atom is -0.367 e. The molecule has 1 aliphatic heterocycles. The van der Waals surface area contributed by atoms with Crippen molar-refractivity contribution >= 4 is 39.3 Å². The van der Waals surface area contributed by atoms with Crippen LogP contribution < -0.4 is 0 Å². The number of hydrogen-bond donors (Lipinski definition) is 0. The second-order valence-corrected chi connectivity index (χ2v) is 8.01. The molecule has 4 rings (SSSR count). The highest BCUT2D eigenvalue weighted by Gasteiger charge is 2.34. The molecule has 0 aliphatic carbocycles. The average molecular weight is 471 g/mol. The topological polar surface area (TPSA) is 46.6 Å². The standard InChI is InChI=1S/C23H17BrClNO3/c24-17-9-5-15(6-10-17)21(16-7-11-18(25)12-8-16)29-14-13-26-22(27)19-3-1-2-4-20(19)23(26)28/h1-12,21H,13-14H2. The molecule has 0 aromatic heterocycles. The molecule has 3 aromatic rings. The van der Waals surface area contributed by atoms with E-state index in [0.29, 0.717) is 16.1 Å². The van der Waals surface area contributed by atoms with Gasteiger partial charge in [-0.3, -0.25) is 14.5 Å². The number of benzene rings is 3. The Bertz CT molecular complexity index is 970.